The van der Waals surface area contributed by atoms with E-state index < -0.39 is 4.92 Å². The van der Waals surface area contributed by atoms with Crippen molar-refractivity contribution in [1.82, 2.24) is 14.2 Å². The van der Waals surface area contributed by atoms with Crippen molar-refractivity contribution >= 4 is 50.5 Å². The molecule has 0 spiro atoms. The van der Waals surface area contributed by atoms with Gasteiger partial charge in [-0.05, 0) is 81.4 Å². The Labute approximate surface area is 230 Å². The average Bonchev–Trinajstić information content (AvgIpc) is 3.18. The number of hydrogen-bond donors (Lipinski definition) is 0. The second-order valence-electron chi connectivity index (χ2n) is 8.69. The van der Waals surface area contributed by atoms with Crippen molar-refractivity contribution in [2.24, 2.45) is 5.10 Å². The van der Waals surface area contributed by atoms with Crippen LogP contribution in [0.1, 0.15) is 22.8 Å². The van der Waals surface area contributed by atoms with Crippen LogP contribution >= 0.6 is 27.7 Å². The molecule has 0 amide bonds. The zero-order chi connectivity index (χ0) is 27.0. The molecule has 0 aliphatic heterocycles. The highest BCUT2D eigenvalue weighted by Gasteiger charge is 2.12. The maximum atomic E-state index is 13.1. The van der Waals surface area contributed by atoms with Crippen LogP contribution in [0.25, 0.3) is 16.6 Å². The molecule has 0 unspecified atom stereocenters. The van der Waals surface area contributed by atoms with Gasteiger partial charge in [-0.25, -0.2) is 4.98 Å². The molecule has 2 aromatic heterocycles. The van der Waals surface area contributed by atoms with Crippen LogP contribution in [-0.2, 0) is 0 Å². The van der Waals surface area contributed by atoms with E-state index in [9.17, 15) is 14.9 Å². The predicted octanol–water partition coefficient (Wildman–Crippen LogP) is 6.82. The van der Waals surface area contributed by atoms with E-state index in [0.29, 0.717) is 16.7 Å². The van der Waals surface area contributed by atoms with Gasteiger partial charge in [-0.15, -0.1) is 0 Å². The summed E-state index contributed by atoms with van der Waals surface area (Å²) >= 11 is 4.96. The van der Waals surface area contributed by atoms with Crippen molar-refractivity contribution < 1.29 is 4.92 Å². The molecule has 0 aliphatic rings. The molecular formula is C28H22BrN5O3S. The van der Waals surface area contributed by atoms with Crippen molar-refractivity contribution in [3.8, 4) is 5.69 Å². The molecule has 0 N–H and O–H groups in total. The van der Waals surface area contributed by atoms with E-state index in [1.807, 2.05) is 56.3 Å². The molecule has 38 heavy (non-hydrogen) atoms. The summed E-state index contributed by atoms with van der Waals surface area (Å²) < 4.78 is 4.27. The molecule has 0 fully saturated rings. The maximum Gasteiger partial charge on any atom is 0.282 e. The zero-order valence-electron chi connectivity index (χ0n) is 20.8. The number of fused-ring (bicyclic) bond motifs is 1. The molecule has 2 heterocycles. The van der Waals surface area contributed by atoms with E-state index in [2.05, 4.69) is 30.6 Å². The number of halogens is 1. The van der Waals surface area contributed by atoms with Crippen LogP contribution in [0.2, 0.25) is 0 Å². The highest BCUT2D eigenvalue weighted by atomic mass is 79.9. The second-order valence-corrected chi connectivity index (χ2v) is 10.8. The topological polar surface area (TPSA) is 95.3 Å². The largest absolute Gasteiger partial charge is 0.318 e. The minimum Gasteiger partial charge on any atom is -0.318 e. The van der Waals surface area contributed by atoms with E-state index >= 15 is 0 Å². The van der Waals surface area contributed by atoms with Crippen molar-refractivity contribution in [2.75, 3.05) is 0 Å². The quantitative estimate of drug-likeness (QED) is 0.123. The standard InChI is InChI=1S/C28H22BrN5O3S/c1-17-14-20(16-30-33-19(3)31-27-13-4-21(29)15-26(27)28(33)35)18(2)32(17)22-5-9-24(10-6-22)38-25-11-7-23(8-12-25)34(36)37/h4-16H,1-3H3. The van der Waals surface area contributed by atoms with Crippen molar-refractivity contribution in [2.45, 2.75) is 30.6 Å². The normalized spacial score (nSPS) is 11.5. The fourth-order valence-corrected chi connectivity index (χ4v) is 5.44. The van der Waals surface area contributed by atoms with Gasteiger partial charge < -0.3 is 4.57 Å². The minimum atomic E-state index is -0.402. The Bertz CT molecular complexity index is 1770. The molecule has 0 saturated heterocycles. The van der Waals surface area contributed by atoms with Gasteiger partial charge in [0.25, 0.3) is 11.2 Å². The number of non-ortho nitro benzene ring substituents is 1. The molecule has 0 bridgehead atoms. The fourth-order valence-electron chi connectivity index (χ4n) is 4.27. The lowest BCUT2D eigenvalue weighted by molar-refractivity contribution is -0.384. The summed E-state index contributed by atoms with van der Waals surface area (Å²) in [5.41, 5.74) is 4.40. The number of nitrogens with zero attached hydrogens (tertiary/aromatic N) is 5. The summed E-state index contributed by atoms with van der Waals surface area (Å²) in [6.07, 6.45) is 1.69. The van der Waals surface area contributed by atoms with Gasteiger partial charge in [-0.1, -0.05) is 27.7 Å². The minimum absolute atomic E-state index is 0.0765. The Hall–Kier alpha value is -4.02. The van der Waals surface area contributed by atoms with Gasteiger partial charge in [0.1, 0.15) is 5.82 Å². The van der Waals surface area contributed by atoms with E-state index in [0.717, 1.165) is 36.9 Å². The van der Waals surface area contributed by atoms with Crippen LogP contribution < -0.4 is 5.56 Å². The van der Waals surface area contributed by atoms with Crippen molar-refractivity contribution in [3.63, 3.8) is 0 Å². The lowest BCUT2D eigenvalue weighted by Crippen LogP contribution is -2.20. The maximum absolute atomic E-state index is 13.1. The van der Waals surface area contributed by atoms with Gasteiger partial charge in [-0.2, -0.15) is 9.78 Å². The molecule has 8 nitrogen and oxygen atoms in total. The Balaban J connectivity index is 1.40. The molecule has 5 rings (SSSR count). The number of hydrogen-bond acceptors (Lipinski definition) is 6. The highest BCUT2D eigenvalue weighted by Crippen LogP contribution is 2.30. The molecule has 0 aliphatic carbocycles. The highest BCUT2D eigenvalue weighted by molar-refractivity contribution is 9.10. The first-order chi connectivity index (χ1) is 18.2. The molecule has 0 radical (unpaired) electrons. The molecule has 10 heteroatoms. The van der Waals surface area contributed by atoms with E-state index in [-0.39, 0.29) is 11.2 Å². The third-order valence-corrected chi connectivity index (χ3v) is 7.64. The van der Waals surface area contributed by atoms with Crippen molar-refractivity contribution in [1.29, 1.82) is 0 Å². The summed E-state index contributed by atoms with van der Waals surface area (Å²) in [7, 11) is 0. The first-order valence-electron chi connectivity index (χ1n) is 11.7. The molecule has 190 valence electrons. The Morgan fingerprint density at radius 1 is 0.974 bits per heavy atom. The van der Waals surface area contributed by atoms with Crippen LogP contribution in [0.5, 0.6) is 0 Å². The Morgan fingerprint density at radius 3 is 2.29 bits per heavy atom. The smallest absolute Gasteiger partial charge is 0.282 e. The lowest BCUT2D eigenvalue weighted by atomic mass is 10.2. The van der Waals surface area contributed by atoms with Gasteiger partial charge in [0.2, 0.25) is 0 Å². The SMILES string of the molecule is Cc1cc(C=Nn2c(C)nc3ccc(Br)cc3c2=O)c(C)n1-c1ccc(Sc2ccc([N+](=O)[O-])cc2)cc1. The third-order valence-electron chi connectivity index (χ3n) is 6.13. The first-order valence-corrected chi connectivity index (χ1v) is 13.3. The lowest BCUT2D eigenvalue weighted by Gasteiger charge is -2.11. The zero-order valence-corrected chi connectivity index (χ0v) is 23.2. The number of nitro groups is 1. The van der Waals surface area contributed by atoms with E-state index in [4.69, 9.17) is 0 Å². The monoisotopic (exact) mass is 587 g/mol. The molecule has 5 aromatic rings. The summed E-state index contributed by atoms with van der Waals surface area (Å²) in [5.74, 6) is 0.510. The van der Waals surface area contributed by atoms with Gasteiger partial charge in [0.15, 0.2) is 0 Å². The van der Waals surface area contributed by atoms with E-state index in [1.54, 1.807) is 43.1 Å². The predicted molar refractivity (Wildman–Crippen MR) is 154 cm³/mol. The van der Waals surface area contributed by atoms with E-state index in [1.165, 1.54) is 16.8 Å². The second kappa shape index (κ2) is 10.4. The van der Waals surface area contributed by atoms with Gasteiger partial charge in [-0.3, -0.25) is 14.9 Å². The van der Waals surface area contributed by atoms with Gasteiger partial charge in [0.05, 0.1) is 22.0 Å². The molecule has 3 aromatic carbocycles. The van der Waals surface area contributed by atoms with Crippen LogP contribution in [0.3, 0.4) is 0 Å². The average molecular weight is 588 g/mol. The van der Waals surface area contributed by atoms with Crippen LogP contribution in [-0.4, -0.2) is 25.4 Å². The number of benzene rings is 3. The third kappa shape index (κ3) is 5.05. The molecule has 0 saturated carbocycles. The molecule has 0 atom stereocenters. The summed E-state index contributed by atoms with van der Waals surface area (Å²) in [6, 6.07) is 22.1. The fraction of sp³-hybridized carbons (Fsp3) is 0.107. The summed E-state index contributed by atoms with van der Waals surface area (Å²) in [6.45, 7) is 5.80. The summed E-state index contributed by atoms with van der Waals surface area (Å²) in [5, 5.41) is 15.9. The number of aromatic nitrogens is 3. The van der Waals surface area contributed by atoms with Crippen molar-refractivity contribution in [3.05, 3.63) is 121 Å². The van der Waals surface area contributed by atoms with Gasteiger partial charge in [0, 0.05) is 49.0 Å². The number of rotatable bonds is 6. The van der Waals surface area contributed by atoms with Gasteiger partial charge >= 0.3 is 0 Å². The van der Waals surface area contributed by atoms with Crippen LogP contribution in [0.15, 0.2) is 97.0 Å². The summed E-state index contributed by atoms with van der Waals surface area (Å²) in [4.78, 5) is 30.0. The first kappa shape index (κ1) is 25.6. The molecular weight excluding hydrogens is 566 g/mol. The number of aryl methyl sites for hydroxylation is 2. The van der Waals surface area contributed by atoms with Crippen LogP contribution in [0.4, 0.5) is 5.69 Å². The Kier molecular flexibility index (Phi) is 7.00. The number of nitro benzene ring substituents is 1. The van der Waals surface area contributed by atoms with Crippen LogP contribution in [0, 0.1) is 30.9 Å². The Morgan fingerprint density at radius 2 is 1.63 bits per heavy atom.